The summed E-state index contributed by atoms with van der Waals surface area (Å²) in [6.45, 7) is 4.81. The number of rotatable bonds is 4. The second-order valence-corrected chi connectivity index (χ2v) is 11.4. The lowest BCUT2D eigenvalue weighted by Crippen LogP contribution is -2.47. The number of hydrogen-bond acceptors (Lipinski definition) is 7. The summed E-state index contributed by atoms with van der Waals surface area (Å²) in [4.78, 5) is 22.7. The summed E-state index contributed by atoms with van der Waals surface area (Å²) in [6.07, 6.45) is 0.491. The molecule has 4 heterocycles. The largest absolute Gasteiger partial charge is 0.497 e. The molecule has 1 amide bonds. The molecule has 1 aromatic carbocycles. The Morgan fingerprint density at radius 1 is 1.15 bits per heavy atom. The van der Waals surface area contributed by atoms with Crippen LogP contribution in [0.1, 0.15) is 28.5 Å². The van der Waals surface area contributed by atoms with Gasteiger partial charge in [0.25, 0.3) is 5.91 Å². The molecular formula is C24H29N5O4S. The van der Waals surface area contributed by atoms with E-state index in [2.05, 4.69) is 11.9 Å². The van der Waals surface area contributed by atoms with Gasteiger partial charge in [-0.15, -0.1) is 0 Å². The zero-order chi connectivity index (χ0) is 24.0. The molecule has 9 nitrogen and oxygen atoms in total. The van der Waals surface area contributed by atoms with Gasteiger partial charge in [-0.1, -0.05) is 12.1 Å². The summed E-state index contributed by atoms with van der Waals surface area (Å²) >= 11 is 0. The number of carbonyl (C=O) groups excluding carboxylic acids is 1. The lowest BCUT2D eigenvalue weighted by molar-refractivity contribution is 0.0666. The molecule has 180 valence electrons. The molecule has 0 bridgehead atoms. The van der Waals surface area contributed by atoms with E-state index in [4.69, 9.17) is 14.8 Å². The quantitative estimate of drug-likeness (QED) is 0.561. The number of aromatic nitrogens is 3. The molecule has 2 aliphatic heterocycles. The summed E-state index contributed by atoms with van der Waals surface area (Å²) in [7, 11) is 0.553. The first-order valence-corrected chi connectivity index (χ1v) is 13.3. The minimum absolute atomic E-state index is 0.0377. The highest BCUT2D eigenvalue weighted by Gasteiger charge is 2.33. The van der Waals surface area contributed by atoms with Gasteiger partial charge in [-0.2, -0.15) is 5.10 Å². The third-order valence-electron chi connectivity index (χ3n) is 6.78. The van der Waals surface area contributed by atoms with Crippen LogP contribution in [-0.4, -0.2) is 90.7 Å². The van der Waals surface area contributed by atoms with E-state index in [-0.39, 0.29) is 23.5 Å². The summed E-state index contributed by atoms with van der Waals surface area (Å²) in [5.74, 6) is 0.820. The zero-order valence-corrected chi connectivity index (χ0v) is 20.5. The Kier molecular flexibility index (Phi) is 5.81. The SMILES string of the molecule is COc1cccc(-c2cc(C(=O)N3CCN(C)CC3)c3c(C)nn(C4CCS(=O)(=O)C4)c3n2)c1. The van der Waals surface area contributed by atoms with E-state index in [0.29, 0.717) is 53.2 Å². The highest BCUT2D eigenvalue weighted by molar-refractivity contribution is 7.91. The molecule has 0 N–H and O–H groups in total. The number of sulfone groups is 1. The lowest BCUT2D eigenvalue weighted by atomic mass is 10.0. The number of fused-ring (bicyclic) bond motifs is 1. The third-order valence-corrected chi connectivity index (χ3v) is 8.53. The van der Waals surface area contributed by atoms with Crippen LogP contribution >= 0.6 is 0 Å². The Morgan fingerprint density at radius 2 is 1.91 bits per heavy atom. The molecule has 2 aromatic heterocycles. The molecule has 2 aliphatic rings. The van der Waals surface area contributed by atoms with Crippen molar-refractivity contribution in [3.63, 3.8) is 0 Å². The maximum absolute atomic E-state index is 13.7. The van der Waals surface area contributed by atoms with Gasteiger partial charge in [0.1, 0.15) is 5.75 Å². The molecule has 3 aromatic rings. The van der Waals surface area contributed by atoms with Crippen LogP contribution in [0.3, 0.4) is 0 Å². The highest BCUT2D eigenvalue weighted by atomic mass is 32.2. The molecule has 10 heteroatoms. The molecule has 2 fully saturated rings. The van der Waals surface area contributed by atoms with Crippen molar-refractivity contribution in [2.45, 2.75) is 19.4 Å². The van der Waals surface area contributed by atoms with Crippen molar-refractivity contribution >= 4 is 26.8 Å². The number of pyridine rings is 1. The van der Waals surface area contributed by atoms with Crippen LogP contribution < -0.4 is 4.74 Å². The zero-order valence-electron chi connectivity index (χ0n) is 19.7. The van der Waals surface area contributed by atoms with Gasteiger partial charge in [0, 0.05) is 31.7 Å². The first kappa shape index (κ1) is 22.8. The average molecular weight is 484 g/mol. The van der Waals surface area contributed by atoms with Crippen LogP contribution in [-0.2, 0) is 9.84 Å². The van der Waals surface area contributed by atoms with Crippen molar-refractivity contribution in [3.05, 3.63) is 41.6 Å². The van der Waals surface area contributed by atoms with Crippen LogP contribution in [0.5, 0.6) is 5.75 Å². The monoisotopic (exact) mass is 483 g/mol. The maximum Gasteiger partial charge on any atom is 0.254 e. The third kappa shape index (κ3) is 4.16. The molecule has 1 atom stereocenters. The fourth-order valence-corrected chi connectivity index (χ4v) is 6.51. The molecule has 34 heavy (non-hydrogen) atoms. The van der Waals surface area contributed by atoms with Crippen LogP contribution in [0.25, 0.3) is 22.3 Å². The van der Waals surface area contributed by atoms with E-state index in [1.807, 2.05) is 42.2 Å². The summed E-state index contributed by atoms with van der Waals surface area (Å²) in [6, 6.07) is 9.09. The number of nitrogens with zero attached hydrogens (tertiary/aromatic N) is 5. The van der Waals surface area contributed by atoms with Crippen molar-refractivity contribution in [1.29, 1.82) is 0 Å². The first-order chi connectivity index (χ1) is 16.3. The number of amides is 1. The fourth-order valence-electron chi connectivity index (χ4n) is 4.81. The normalized spacial score (nSPS) is 20.7. The summed E-state index contributed by atoms with van der Waals surface area (Å²) < 4.78 is 31.5. The van der Waals surface area contributed by atoms with Crippen molar-refractivity contribution in [2.75, 3.05) is 51.8 Å². The van der Waals surface area contributed by atoms with Crippen LogP contribution in [0.4, 0.5) is 0 Å². The summed E-state index contributed by atoms with van der Waals surface area (Å²) in [5.41, 5.74) is 3.24. The average Bonchev–Trinajstić information content (AvgIpc) is 3.37. The van der Waals surface area contributed by atoms with Gasteiger partial charge in [0.2, 0.25) is 0 Å². The van der Waals surface area contributed by atoms with E-state index in [9.17, 15) is 13.2 Å². The standard InChI is InChI=1S/C24H29N5O4S/c1-16-22-20(24(30)28-10-8-27(2)9-11-28)14-21(17-5-4-6-19(13-17)33-3)25-23(22)29(26-16)18-7-12-34(31,32)15-18/h4-6,13-14,18H,7-12,15H2,1-3H3. The van der Waals surface area contributed by atoms with E-state index >= 15 is 0 Å². The second kappa shape index (κ2) is 8.66. The van der Waals surface area contributed by atoms with E-state index in [1.165, 1.54) is 0 Å². The number of likely N-dealkylation sites (N-methyl/N-ethyl adjacent to an activating group) is 1. The number of aryl methyl sites for hydroxylation is 1. The fraction of sp³-hybridized carbons (Fsp3) is 0.458. The number of ether oxygens (including phenoxy) is 1. The van der Waals surface area contributed by atoms with Gasteiger partial charge >= 0.3 is 0 Å². The Bertz CT molecular complexity index is 1360. The molecule has 1 unspecified atom stereocenters. The second-order valence-electron chi connectivity index (χ2n) is 9.17. The summed E-state index contributed by atoms with van der Waals surface area (Å²) in [5, 5.41) is 5.39. The predicted molar refractivity (Wildman–Crippen MR) is 130 cm³/mol. The van der Waals surface area contributed by atoms with E-state index < -0.39 is 9.84 Å². The van der Waals surface area contributed by atoms with Gasteiger partial charge in [0.15, 0.2) is 15.5 Å². The number of hydrogen-bond donors (Lipinski definition) is 0. The molecule has 0 aliphatic carbocycles. The van der Waals surface area contributed by atoms with Crippen molar-refractivity contribution in [3.8, 4) is 17.0 Å². The molecule has 5 rings (SSSR count). The van der Waals surface area contributed by atoms with Crippen LogP contribution in [0.15, 0.2) is 30.3 Å². The molecule has 0 spiro atoms. The van der Waals surface area contributed by atoms with Crippen molar-refractivity contribution < 1.29 is 17.9 Å². The Labute approximate surface area is 199 Å². The molecule has 0 saturated carbocycles. The van der Waals surface area contributed by atoms with Crippen molar-refractivity contribution in [1.82, 2.24) is 24.6 Å². The highest BCUT2D eigenvalue weighted by Crippen LogP contribution is 2.33. The first-order valence-electron chi connectivity index (χ1n) is 11.5. The maximum atomic E-state index is 13.7. The van der Waals surface area contributed by atoms with Crippen molar-refractivity contribution in [2.24, 2.45) is 0 Å². The lowest BCUT2D eigenvalue weighted by Gasteiger charge is -2.32. The van der Waals surface area contributed by atoms with Gasteiger partial charge in [0.05, 0.1) is 47.0 Å². The molecule has 0 radical (unpaired) electrons. The Morgan fingerprint density at radius 3 is 2.59 bits per heavy atom. The Balaban J connectivity index is 1.68. The van der Waals surface area contributed by atoms with Crippen LogP contribution in [0, 0.1) is 6.92 Å². The molecular weight excluding hydrogens is 454 g/mol. The number of carbonyl (C=O) groups is 1. The van der Waals surface area contributed by atoms with Gasteiger partial charge in [-0.25, -0.2) is 18.1 Å². The molecule has 2 saturated heterocycles. The van der Waals surface area contributed by atoms with Gasteiger partial charge in [-0.05, 0) is 38.6 Å². The number of piperazine rings is 1. The number of methoxy groups -OCH3 is 1. The smallest absolute Gasteiger partial charge is 0.254 e. The van der Waals surface area contributed by atoms with Gasteiger partial charge in [-0.3, -0.25) is 4.79 Å². The van der Waals surface area contributed by atoms with E-state index in [0.717, 1.165) is 18.7 Å². The van der Waals surface area contributed by atoms with E-state index in [1.54, 1.807) is 11.8 Å². The van der Waals surface area contributed by atoms with Gasteiger partial charge < -0.3 is 14.5 Å². The topological polar surface area (TPSA) is 97.6 Å². The van der Waals surface area contributed by atoms with Crippen LogP contribution in [0.2, 0.25) is 0 Å². The Hall–Kier alpha value is -2.98. The minimum Gasteiger partial charge on any atom is -0.497 e. The predicted octanol–water partition coefficient (Wildman–Crippen LogP) is 2.16. The minimum atomic E-state index is -3.11. The number of benzene rings is 1.